The van der Waals surface area contributed by atoms with Gasteiger partial charge in [-0.3, -0.25) is 4.79 Å². The fraction of sp³-hybridized carbons (Fsp3) is 0.316. The summed E-state index contributed by atoms with van der Waals surface area (Å²) in [5, 5.41) is 2.86. The molecule has 25 heavy (non-hydrogen) atoms. The quantitative estimate of drug-likeness (QED) is 0.908. The van der Waals surface area contributed by atoms with Gasteiger partial charge in [-0.1, -0.05) is 17.7 Å². The molecular formula is C19H17ClFNO3. The molecule has 0 saturated carbocycles. The van der Waals surface area contributed by atoms with Crippen LogP contribution in [0.1, 0.15) is 27.0 Å². The minimum Gasteiger partial charge on any atom is -0.493 e. The van der Waals surface area contributed by atoms with Crippen LogP contribution < -0.4 is 14.8 Å². The molecule has 0 bridgehead atoms. The maximum absolute atomic E-state index is 13.8. The third-order valence-electron chi connectivity index (χ3n) is 4.61. The average Bonchev–Trinajstić information content (AvgIpc) is 3.22. The molecule has 6 heteroatoms. The van der Waals surface area contributed by atoms with Gasteiger partial charge in [0.1, 0.15) is 17.3 Å². The number of hydrogen-bond donors (Lipinski definition) is 1. The van der Waals surface area contributed by atoms with Gasteiger partial charge in [-0.2, -0.15) is 0 Å². The number of amides is 1. The molecule has 2 aromatic carbocycles. The average molecular weight is 362 g/mol. The molecule has 2 heterocycles. The summed E-state index contributed by atoms with van der Waals surface area (Å²) in [6.45, 7) is 1.71. The molecule has 0 aromatic heterocycles. The molecule has 0 spiro atoms. The third-order valence-corrected chi connectivity index (χ3v) is 4.93. The van der Waals surface area contributed by atoms with Gasteiger partial charge in [-0.05, 0) is 24.6 Å². The van der Waals surface area contributed by atoms with Crippen molar-refractivity contribution in [3.05, 3.63) is 57.4 Å². The zero-order chi connectivity index (χ0) is 17.4. The van der Waals surface area contributed by atoms with Gasteiger partial charge in [0.05, 0.1) is 23.8 Å². The summed E-state index contributed by atoms with van der Waals surface area (Å²) in [5.41, 5.74) is 3.27. The SMILES string of the molecule is O=C(NCCc1c2c(cc3c1OCC3)OCC2)c1c(F)cccc1Cl. The lowest BCUT2D eigenvalue weighted by atomic mass is 9.97. The van der Waals surface area contributed by atoms with E-state index in [1.807, 2.05) is 0 Å². The molecule has 0 unspecified atom stereocenters. The summed E-state index contributed by atoms with van der Waals surface area (Å²) in [5.74, 6) is 0.706. The first-order valence-electron chi connectivity index (χ1n) is 8.30. The van der Waals surface area contributed by atoms with Crippen LogP contribution in [-0.2, 0) is 19.3 Å². The maximum Gasteiger partial charge on any atom is 0.255 e. The normalized spacial score (nSPS) is 14.5. The highest BCUT2D eigenvalue weighted by Crippen LogP contribution is 2.40. The van der Waals surface area contributed by atoms with E-state index >= 15 is 0 Å². The lowest BCUT2D eigenvalue weighted by Crippen LogP contribution is -2.27. The van der Waals surface area contributed by atoms with Crippen molar-refractivity contribution in [2.24, 2.45) is 0 Å². The number of nitrogens with one attached hydrogen (secondary N) is 1. The molecule has 130 valence electrons. The number of ether oxygens (including phenoxy) is 2. The van der Waals surface area contributed by atoms with Gasteiger partial charge in [0.25, 0.3) is 5.91 Å². The summed E-state index contributed by atoms with van der Waals surface area (Å²) in [6.07, 6.45) is 2.32. The van der Waals surface area contributed by atoms with Crippen molar-refractivity contribution >= 4 is 17.5 Å². The molecule has 0 radical (unpaired) electrons. The molecule has 0 saturated heterocycles. The molecule has 0 atom stereocenters. The zero-order valence-electron chi connectivity index (χ0n) is 13.5. The van der Waals surface area contributed by atoms with E-state index in [0.29, 0.717) is 26.2 Å². The number of rotatable bonds is 4. The van der Waals surface area contributed by atoms with Crippen molar-refractivity contribution in [1.29, 1.82) is 0 Å². The van der Waals surface area contributed by atoms with E-state index in [0.717, 1.165) is 41.0 Å². The monoisotopic (exact) mass is 361 g/mol. The van der Waals surface area contributed by atoms with Gasteiger partial charge in [0.2, 0.25) is 0 Å². The molecule has 1 amide bonds. The number of hydrogen-bond acceptors (Lipinski definition) is 3. The van der Waals surface area contributed by atoms with Crippen molar-refractivity contribution < 1.29 is 18.7 Å². The van der Waals surface area contributed by atoms with Gasteiger partial charge in [0.15, 0.2) is 0 Å². The van der Waals surface area contributed by atoms with Crippen LogP contribution in [0, 0.1) is 5.82 Å². The Morgan fingerprint density at radius 2 is 2.08 bits per heavy atom. The molecule has 0 fully saturated rings. The second-order valence-electron chi connectivity index (χ2n) is 6.12. The van der Waals surface area contributed by atoms with Crippen LogP contribution in [0.4, 0.5) is 4.39 Å². The van der Waals surface area contributed by atoms with Crippen LogP contribution in [0.15, 0.2) is 24.3 Å². The molecule has 2 aliphatic heterocycles. The van der Waals surface area contributed by atoms with Crippen molar-refractivity contribution in [2.45, 2.75) is 19.3 Å². The van der Waals surface area contributed by atoms with E-state index in [2.05, 4.69) is 11.4 Å². The Kier molecular flexibility index (Phi) is 4.25. The Hall–Kier alpha value is -2.27. The predicted octanol–water partition coefficient (Wildman–Crippen LogP) is 3.32. The molecular weight excluding hydrogens is 345 g/mol. The van der Waals surface area contributed by atoms with Crippen molar-refractivity contribution in [3.8, 4) is 11.5 Å². The highest BCUT2D eigenvalue weighted by molar-refractivity contribution is 6.33. The largest absolute Gasteiger partial charge is 0.493 e. The molecule has 2 aliphatic rings. The van der Waals surface area contributed by atoms with E-state index in [4.69, 9.17) is 21.1 Å². The fourth-order valence-corrected chi connectivity index (χ4v) is 3.70. The van der Waals surface area contributed by atoms with Crippen LogP contribution in [0.3, 0.4) is 0 Å². The number of carbonyl (C=O) groups excluding carboxylic acids is 1. The predicted molar refractivity (Wildman–Crippen MR) is 92.3 cm³/mol. The summed E-state index contributed by atoms with van der Waals surface area (Å²) in [6, 6.07) is 6.26. The van der Waals surface area contributed by atoms with Gasteiger partial charge in [-0.25, -0.2) is 4.39 Å². The summed E-state index contributed by atoms with van der Waals surface area (Å²) >= 11 is 5.94. The second kappa shape index (κ2) is 6.56. The van der Waals surface area contributed by atoms with E-state index in [9.17, 15) is 9.18 Å². The Balaban J connectivity index is 1.51. The van der Waals surface area contributed by atoms with E-state index in [1.54, 1.807) is 0 Å². The molecule has 4 rings (SSSR count). The molecule has 0 aliphatic carbocycles. The van der Waals surface area contributed by atoms with Crippen LogP contribution >= 0.6 is 11.6 Å². The topological polar surface area (TPSA) is 47.6 Å². The van der Waals surface area contributed by atoms with Gasteiger partial charge in [0, 0.05) is 36.1 Å². The standard InChI is InChI=1S/C19H17ClFNO3/c20-14-2-1-3-15(21)17(14)19(23)22-7-4-13-12-6-9-24-16(12)10-11-5-8-25-18(11)13/h1-3,10H,4-9H2,(H,22,23). The molecule has 1 N–H and O–H groups in total. The molecule has 4 nitrogen and oxygen atoms in total. The summed E-state index contributed by atoms with van der Waals surface area (Å²) < 4.78 is 25.3. The second-order valence-corrected chi connectivity index (χ2v) is 6.53. The number of benzene rings is 2. The lowest BCUT2D eigenvalue weighted by molar-refractivity contribution is 0.0950. The highest BCUT2D eigenvalue weighted by Gasteiger charge is 2.26. The van der Waals surface area contributed by atoms with Crippen LogP contribution in [0.2, 0.25) is 5.02 Å². The Morgan fingerprint density at radius 1 is 1.24 bits per heavy atom. The Morgan fingerprint density at radius 3 is 2.92 bits per heavy atom. The van der Waals surface area contributed by atoms with Gasteiger partial charge < -0.3 is 14.8 Å². The van der Waals surface area contributed by atoms with E-state index in [1.165, 1.54) is 18.2 Å². The summed E-state index contributed by atoms with van der Waals surface area (Å²) in [4.78, 5) is 12.3. The fourth-order valence-electron chi connectivity index (χ4n) is 3.45. The van der Waals surface area contributed by atoms with Crippen molar-refractivity contribution in [1.82, 2.24) is 5.32 Å². The lowest BCUT2D eigenvalue weighted by Gasteiger charge is -2.13. The minimum atomic E-state index is -0.622. The van der Waals surface area contributed by atoms with Crippen molar-refractivity contribution in [3.63, 3.8) is 0 Å². The van der Waals surface area contributed by atoms with Crippen molar-refractivity contribution in [2.75, 3.05) is 19.8 Å². The van der Waals surface area contributed by atoms with Gasteiger partial charge in [-0.15, -0.1) is 0 Å². The van der Waals surface area contributed by atoms with E-state index in [-0.39, 0.29) is 10.6 Å². The smallest absolute Gasteiger partial charge is 0.255 e. The van der Waals surface area contributed by atoms with Crippen LogP contribution in [0.25, 0.3) is 0 Å². The Labute approximate surface area is 149 Å². The zero-order valence-corrected chi connectivity index (χ0v) is 14.3. The third kappa shape index (κ3) is 2.93. The Bertz CT molecular complexity index is 801. The first-order chi connectivity index (χ1) is 12.1. The highest BCUT2D eigenvalue weighted by atomic mass is 35.5. The number of fused-ring (bicyclic) bond motifs is 2. The van der Waals surface area contributed by atoms with Gasteiger partial charge >= 0.3 is 0 Å². The number of carbonyl (C=O) groups is 1. The first kappa shape index (κ1) is 16.2. The minimum absolute atomic E-state index is 0.107. The summed E-state index contributed by atoms with van der Waals surface area (Å²) in [7, 11) is 0. The van der Waals surface area contributed by atoms with E-state index < -0.39 is 11.7 Å². The molecule has 2 aromatic rings. The first-order valence-corrected chi connectivity index (χ1v) is 8.68. The number of halogens is 2. The van der Waals surface area contributed by atoms with Crippen LogP contribution in [0.5, 0.6) is 11.5 Å². The maximum atomic E-state index is 13.8. The van der Waals surface area contributed by atoms with Crippen LogP contribution in [-0.4, -0.2) is 25.7 Å².